The van der Waals surface area contributed by atoms with Crippen molar-refractivity contribution in [1.29, 1.82) is 0 Å². The molecule has 1 aliphatic rings. The van der Waals surface area contributed by atoms with Gasteiger partial charge in [0.15, 0.2) is 8.07 Å². The molecule has 34 heavy (non-hydrogen) atoms. The molecular weight excluding hydrogens is 424 g/mol. The molecule has 1 heteroatoms. The van der Waals surface area contributed by atoms with Gasteiger partial charge in [0, 0.05) is 5.54 Å². The molecule has 3 aromatic carbocycles. The van der Waals surface area contributed by atoms with Crippen molar-refractivity contribution >= 4 is 23.6 Å². The van der Waals surface area contributed by atoms with Crippen molar-refractivity contribution in [1.82, 2.24) is 0 Å². The van der Waals surface area contributed by atoms with E-state index < -0.39 is 8.07 Å². The lowest BCUT2D eigenvalue weighted by atomic mass is 10.1. The van der Waals surface area contributed by atoms with Gasteiger partial charge in [0.25, 0.3) is 0 Å². The van der Waals surface area contributed by atoms with E-state index in [9.17, 15) is 0 Å². The average Bonchev–Trinajstić information content (AvgIpc) is 2.91. The van der Waals surface area contributed by atoms with E-state index in [1.807, 2.05) is 0 Å². The lowest BCUT2D eigenvalue weighted by Gasteiger charge is -2.42. The van der Waals surface area contributed by atoms with Crippen LogP contribution >= 0.6 is 0 Å². The molecule has 0 spiro atoms. The van der Waals surface area contributed by atoms with Crippen molar-refractivity contribution in [3.63, 3.8) is 0 Å². The normalized spacial score (nSPS) is 15.0. The minimum atomic E-state index is -2.50. The van der Waals surface area contributed by atoms with Gasteiger partial charge in [0.1, 0.15) is 0 Å². The predicted octanol–water partition coefficient (Wildman–Crippen LogP) is 7.06. The van der Waals surface area contributed by atoms with E-state index in [1.54, 1.807) is 11.1 Å². The van der Waals surface area contributed by atoms with Gasteiger partial charge in [-0.2, -0.15) is 0 Å². The standard InChI is InChI=1S/C33H40Si/c1-20-11-21(2)15-30(14-20)34(31-16-22(3)12-23(4)17-31,32-18-24(5)13-25(6)19-32)33-28(9)26(7)27(8)29(33)10/h11-19,33H,1-10H3. The molecule has 0 unspecified atom stereocenters. The summed E-state index contributed by atoms with van der Waals surface area (Å²) < 4.78 is 0. The Morgan fingerprint density at radius 2 is 0.618 bits per heavy atom. The third kappa shape index (κ3) is 3.94. The molecule has 0 N–H and O–H groups in total. The fourth-order valence-corrected chi connectivity index (χ4v) is 13.1. The van der Waals surface area contributed by atoms with E-state index >= 15 is 0 Å². The van der Waals surface area contributed by atoms with Crippen molar-refractivity contribution in [3.05, 3.63) is 110 Å². The second-order valence-corrected chi connectivity index (χ2v) is 14.9. The van der Waals surface area contributed by atoms with Crippen LogP contribution in [0, 0.1) is 41.5 Å². The van der Waals surface area contributed by atoms with Crippen molar-refractivity contribution < 1.29 is 0 Å². The maximum Gasteiger partial charge on any atom is 0.159 e. The molecular formula is C33H40Si. The molecule has 176 valence electrons. The van der Waals surface area contributed by atoms with Crippen molar-refractivity contribution in [3.8, 4) is 0 Å². The molecule has 0 aromatic heterocycles. The van der Waals surface area contributed by atoms with Gasteiger partial charge in [-0.15, -0.1) is 0 Å². The summed E-state index contributed by atoms with van der Waals surface area (Å²) in [6.45, 7) is 23.0. The number of rotatable bonds is 4. The molecule has 0 saturated carbocycles. The van der Waals surface area contributed by atoms with Gasteiger partial charge in [-0.3, -0.25) is 0 Å². The number of allylic oxidation sites excluding steroid dienone is 4. The quantitative estimate of drug-likeness (QED) is 0.286. The summed E-state index contributed by atoms with van der Waals surface area (Å²) in [6, 6.07) is 22.0. The van der Waals surface area contributed by atoms with E-state index in [0.29, 0.717) is 5.54 Å². The van der Waals surface area contributed by atoms with E-state index in [1.165, 1.54) is 60.1 Å². The van der Waals surface area contributed by atoms with Crippen LogP contribution in [0.1, 0.15) is 61.1 Å². The molecule has 0 heterocycles. The SMILES string of the molecule is CC1=C(C)C([Si](c2cc(C)cc(C)c2)(c2cc(C)cc(C)c2)c2cc(C)cc(C)c2)C(C)=C1C. The number of benzene rings is 3. The van der Waals surface area contributed by atoms with Crippen LogP contribution in [0.3, 0.4) is 0 Å². The highest BCUT2D eigenvalue weighted by atomic mass is 28.3. The van der Waals surface area contributed by atoms with Crippen LogP contribution in [-0.4, -0.2) is 8.07 Å². The third-order valence-corrected chi connectivity index (χ3v) is 13.4. The van der Waals surface area contributed by atoms with Crippen LogP contribution in [0.4, 0.5) is 0 Å². The van der Waals surface area contributed by atoms with Gasteiger partial charge in [-0.05, 0) is 95.9 Å². The molecule has 0 bridgehead atoms. The van der Waals surface area contributed by atoms with Crippen LogP contribution in [0.25, 0.3) is 0 Å². The predicted molar refractivity (Wildman–Crippen MR) is 153 cm³/mol. The average molecular weight is 465 g/mol. The molecule has 0 nitrogen and oxygen atoms in total. The molecule has 0 fully saturated rings. The second-order valence-electron chi connectivity index (χ2n) is 11.0. The lowest BCUT2D eigenvalue weighted by Crippen LogP contribution is -2.70. The zero-order valence-electron chi connectivity index (χ0n) is 22.8. The minimum Gasteiger partial charge on any atom is -0.0647 e. The second kappa shape index (κ2) is 8.85. The maximum absolute atomic E-state index is 2.50. The van der Waals surface area contributed by atoms with Crippen LogP contribution in [0.5, 0.6) is 0 Å². The summed E-state index contributed by atoms with van der Waals surface area (Å²) in [7, 11) is -2.50. The first-order valence-corrected chi connectivity index (χ1v) is 14.6. The Hall–Kier alpha value is -2.64. The fourth-order valence-electron chi connectivity index (χ4n) is 6.61. The molecule has 3 aromatic rings. The van der Waals surface area contributed by atoms with Crippen molar-refractivity contribution in [2.24, 2.45) is 0 Å². The monoisotopic (exact) mass is 464 g/mol. The summed E-state index contributed by atoms with van der Waals surface area (Å²) in [6.07, 6.45) is 0. The minimum absolute atomic E-state index is 0.413. The Labute approximate surface area is 208 Å². The van der Waals surface area contributed by atoms with E-state index in [-0.39, 0.29) is 0 Å². The van der Waals surface area contributed by atoms with Crippen LogP contribution in [-0.2, 0) is 0 Å². The van der Waals surface area contributed by atoms with Gasteiger partial charge in [0.2, 0.25) is 0 Å². The first-order valence-electron chi connectivity index (χ1n) is 12.6. The van der Waals surface area contributed by atoms with Gasteiger partial charge in [-0.25, -0.2) is 0 Å². The molecule has 0 saturated heterocycles. The van der Waals surface area contributed by atoms with Crippen molar-refractivity contribution in [2.45, 2.75) is 74.8 Å². The van der Waals surface area contributed by atoms with E-state index in [0.717, 1.165) is 0 Å². The largest absolute Gasteiger partial charge is 0.159 e. The summed E-state index contributed by atoms with van der Waals surface area (Å²) in [5.41, 5.74) is 14.6. The third-order valence-electron chi connectivity index (χ3n) is 8.08. The van der Waals surface area contributed by atoms with Gasteiger partial charge in [-0.1, -0.05) is 99.1 Å². The van der Waals surface area contributed by atoms with Gasteiger partial charge < -0.3 is 0 Å². The Bertz CT molecular complexity index is 1140. The first kappa shape index (κ1) is 24.5. The molecule has 4 rings (SSSR count). The number of hydrogen-bond acceptors (Lipinski definition) is 0. The summed E-state index contributed by atoms with van der Waals surface area (Å²) in [5.74, 6) is 0. The van der Waals surface area contributed by atoms with E-state index in [4.69, 9.17) is 0 Å². The fraction of sp³-hybridized carbons (Fsp3) is 0.333. The van der Waals surface area contributed by atoms with E-state index in [2.05, 4.69) is 124 Å². The lowest BCUT2D eigenvalue weighted by molar-refractivity contribution is 1.09. The van der Waals surface area contributed by atoms with Gasteiger partial charge in [0.05, 0.1) is 0 Å². The maximum atomic E-state index is 2.50. The molecule has 0 atom stereocenters. The summed E-state index contributed by atoms with van der Waals surface area (Å²) >= 11 is 0. The molecule has 0 aliphatic heterocycles. The number of hydrogen-bond donors (Lipinski definition) is 0. The smallest absolute Gasteiger partial charge is 0.0647 e. The topological polar surface area (TPSA) is 0 Å². The van der Waals surface area contributed by atoms with Crippen LogP contribution in [0.2, 0.25) is 5.54 Å². The Balaban J connectivity index is 2.28. The van der Waals surface area contributed by atoms with Gasteiger partial charge >= 0.3 is 0 Å². The molecule has 0 amide bonds. The first-order chi connectivity index (χ1) is 15.9. The van der Waals surface area contributed by atoms with Crippen LogP contribution in [0.15, 0.2) is 76.9 Å². The number of aryl methyl sites for hydroxylation is 6. The highest BCUT2D eigenvalue weighted by Crippen LogP contribution is 2.46. The zero-order chi connectivity index (χ0) is 24.9. The Morgan fingerprint density at radius 1 is 0.382 bits per heavy atom. The van der Waals surface area contributed by atoms with Crippen molar-refractivity contribution in [2.75, 3.05) is 0 Å². The zero-order valence-corrected chi connectivity index (χ0v) is 23.8. The Morgan fingerprint density at radius 3 is 0.853 bits per heavy atom. The summed E-state index contributed by atoms with van der Waals surface area (Å²) in [4.78, 5) is 0. The highest BCUT2D eigenvalue weighted by molar-refractivity contribution is 7.13. The highest BCUT2D eigenvalue weighted by Gasteiger charge is 2.50. The van der Waals surface area contributed by atoms with Crippen LogP contribution < -0.4 is 15.6 Å². The summed E-state index contributed by atoms with van der Waals surface area (Å²) in [5, 5.41) is 4.60. The molecule has 1 aliphatic carbocycles. The molecule has 0 radical (unpaired) electrons. The Kier molecular flexibility index (Phi) is 6.38.